The van der Waals surface area contributed by atoms with Gasteiger partial charge in [-0.1, -0.05) is 19.8 Å². The topological polar surface area (TPSA) is 64.5 Å². The normalized spacial score (nSPS) is 19.8. The van der Waals surface area contributed by atoms with Crippen LogP contribution in [0, 0.1) is 0 Å². The van der Waals surface area contributed by atoms with Gasteiger partial charge in [-0.2, -0.15) is 0 Å². The summed E-state index contributed by atoms with van der Waals surface area (Å²) in [6.07, 6.45) is 2.73. The second-order valence-electron chi connectivity index (χ2n) is 4.64. The van der Waals surface area contributed by atoms with Crippen LogP contribution in [-0.2, 0) is 0 Å². The van der Waals surface area contributed by atoms with Crippen LogP contribution in [0.25, 0.3) is 0 Å². The summed E-state index contributed by atoms with van der Waals surface area (Å²) in [4.78, 5) is 0. The predicted octanol–water partition coefficient (Wildman–Crippen LogP) is 2.61. The minimum Gasteiger partial charge on any atom is -0.507 e. The Morgan fingerprint density at radius 3 is 2.82 bits per heavy atom. The highest BCUT2D eigenvalue weighted by atomic mass is 16.3. The van der Waals surface area contributed by atoms with Crippen molar-refractivity contribution in [2.45, 2.75) is 45.3 Å². The molecular formula is C13H20N2O2. The van der Waals surface area contributed by atoms with Gasteiger partial charge in [0, 0.05) is 11.6 Å². The summed E-state index contributed by atoms with van der Waals surface area (Å²) in [6, 6.07) is 3.84. The molecule has 1 aromatic rings. The molecule has 0 bridgehead atoms. The van der Waals surface area contributed by atoms with E-state index in [2.05, 4.69) is 17.8 Å². The summed E-state index contributed by atoms with van der Waals surface area (Å²) in [5, 5.41) is 19.4. The SMILES string of the molecule is CCCCC1NNc2cc(O)c(C(C)O)cc21. The third-order valence-corrected chi connectivity index (χ3v) is 3.25. The van der Waals surface area contributed by atoms with Crippen molar-refractivity contribution in [3.63, 3.8) is 0 Å². The standard InChI is InChI=1S/C13H20N2O2/c1-3-4-5-11-10-6-9(8(2)16)13(17)7-12(10)15-14-11/h6-8,11,14-17H,3-5H2,1-2H3. The highest BCUT2D eigenvalue weighted by molar-refractivity contribution is 5.61. The maximum Gasteiger partial charge on any atom is 0.123 e. The zero-order valence-corrected chi connectivity index (χ0v) is 10.3. The fourth-order valence-electron chi connectivity index (χ4n) is 2.23. The van der Waals surface area contributed by atoms with Gasteiger partial charge in [-0.25, -0.2) is 5.43 Å². The van der Waals surface area contributed by atoms with Crippen molar-refractivity contribution in [3.05, 3.63) is 23.3 Å². The quantitative estimate of drug-likeness (QED) is 0.649. The van der Waals surface area contributed by atoms with E-state index in [1.807, 2.05) is 6.07 Å². The minimum atomic E-state index is -0.646. The monoisotopic (exact) mass is 236 g/mol. The van der Waals surface area contributed by atoms with Crippen molar-refractivity contribution in [3.8, 4) is 5.75 Å². The molecule has 1 aliphatic rings. The number of hydrazine groups is 1. The number of nitrogens with one attached hydrogen (secondary N) is 2. The summed E-state index contributed by atoms with van der Waals surface area (Å²) >= 11 is 0. The Morgan fingerprint density at radius 1 is 1.41 bits per heavy atom. The van der Waals surface area contributed by atoms with Gasteiger partial charge in [-0.3, -0.25) is 0 Å². The molecule has 1 aliphatic heterocycles. The number of phenolic OH excluding ortho intramolecular Hbond substituents is 1. The molecule has 0 radical (unpaired) electrons. The number of unbranched alkanes of at least 4 members (excludes halogenated alkanes) is 1. The van der Waals surface area contributed by atoms with Crippen LogP contribution in [0.3, 0.4) is 0 Å². The van der Waals surface area contributed by atoms with Gasteiger partial charge < -0.3 is 15.6 Å². The third kappa shape index (κ3) is 2.37. The molecule has 4 N–H and O–H groups in total. The van der Waals surface area contributed by atoms with E-state index < -0.39 is 6.10 Å². The van der Waals surface area contributed by atoms with Gasteiger partial charge >= 0.3 is 0 Å². The molecule has 0 saturated heterocycles. The summed E-state index contributed by atoms with van der Waals surface area (Å²) in [5.74, 6) is 0.143. The van der Waals surface area contributed by atoms with Crippen LogP contribution in [0.2, 0.25) is 0 Å². The zero-order valence-electron chi connectivity index (χ0n) is 10.3. The molecular weight excluding hydrogens is 216 g/mol. The molecule has 0 aliphatic carbocycles. The van der Waals surface area contributed by atoms with Crippen LogP contribution >= 0.6 is 0 Å². The molecule has 0 spiro atoms. The number of benzene rings is 1. The van der Waals surface area contributed by atoms with E-state index in [-0.39, 0.29) is 11.8 Å². The Labute approximate surface area is 102 Å². The molecule has 0 saturated carbocycles. The van der Waals surface area contributed by atoms with Crippen LogP contribution in [-0.4, -0.2) is 10.2 Å². The van der Waals surface area contributed by atoms with Crippen LogP contribution in [0.4, 0.5) is 5.69 Å². The Kier molecular flexibility index (Phi) is 3.54. The molecule has 4 heteroatoms. The largest absolute Gasteiger partial charge is 0.507 e. The van der Waals surface area contributed by atoms with Gasteiger partial charge in [0.1, 0.15) is 5.75 Å². The predicted molar refractivity (Wildman–Crippen MR) is 67.8 cm³/mol. The number of anilines is 1. The van der Waals surface area contributed by atoms with E-state index >= 15 is 0 Å². The van der Waals surface area contributed by atoms with Gasteiger partial charge in [-0.05, 0) is 25.0 Å². The van der Waals surface area contributed by atoms with Crippen molar-refractivity contribution < 1.29 is 10.2 Å². The van der Waals surface area contributed by atoms with E-state index in [0.29, 0.717) is 5.56 Å². The number of phenols is 1. The smallest absolute Gasteiger partial charge is 0.123 e. The number of aliphatic hydroxyl groups excluding tert-OH is 1. The van der Waals surface area contributed by atoms with Crippen molar-refractivity contribution in [2.75, 3.05) is 5.43 Å². The average Bonchev–Trinajstić information content (AvgIpc) is 2.67. The lowest BCUT2D eigenvalue weighted by Crippen LogP contribution is -2.18. The maximum absolute atomic E-state index is 9.78. The summed E-state index contributed by atoms with van der Waals surface area (Å²) in [7, 11) is 0. The summed E-state index contributed by atoms with van der Waals surface area (Å²) in [5.41, 5.74) is 8.92. The van der Waals surface area contributed by atoms with Crippen molar-refractivity contribution in [1.82, 2.24) is 5.43 Å². The Bertz CT molecular complexity index is 405. The molecule has 1 aromatic carbocycles. The van der Waals surface area contributed by atoms with Crippen LogP contribution in [0.1, 0.15) is 56.4 Å². The van der Waals surface area contributed by atoms with Crippen LogP contribution in [0.15, 0.2) is 12.1 Å². The van der Waals surface area contributed by atoms with Crippen LogP contribution in [0.5, 0.6) is 5.75 Å². The molecule has 2 unspecified atom stereocenters. The molecule has 1 heterocycles. The second kappa shape index (κ2) is 4.94. The first-order valence-electron chi connectivity index (χ1n) is 6.20. The fraction of sp³-hybridized carbons (Fsp3) is 0.538. The lowest BCUT2D eigenvalue weighted by molar-refractivity contribution is 0.195. The number of aromatic hydroxyl groups is 1. The average molecular weight is 236 g/mol. The minimum absolute atomic E-state index is 0.143. The van der Waals surface area contributed by atoms with Crippen molar-refractivity contribution >= 4 is 5.69 Å². The van der Waals surface area contributed by atoms with Gasteiger partial charge in [0.05, 0.1) is 17.8 Å². The van der Waals surface area contributed by atoms with Gasteiger partial charge in [-0.15, -0.1) is 0 Å². The first-order chi connectivity index (χ1) is 8.13. The second-order valence-corrected chi connectivity index (χ2v) is 4.64. The molecule has 4 nitrogen and oxygen atoms in total. The Morgan fingerprint density at radius 2 is 2.18 bits per heavy atom. The molecule has 0 aromatic heterocycles. The Hall–Kier alpha value is -1.26. The highest BCUT2D eigenvalue weighted by Crippen LogP contribution is 2.38. The fourth-order valence-corrected chi connectivity index (χ4v) is 2.23. The summed E-state index contributed by atoms with van der Waals surface area (Å²) in [6.45, 7) is 3.83. The molecule has 2 atom stereocenters. The molecule has 0 amide bonds. The lowest BCUT2D eigenvalue weighted by atomic mass is 9.97. The first-order valence-corrected chi connectivity index (χ1v) is 6.20. The van der Waals surface area contributed by atoms with E-state index in [9.17, 15) is 10.2 Å². The number of hydrogen-bond acceptors (Lipinski definition) is 4. The van der Waals surface area contributed by atoms with E-state index in [1.165, 1.54) is 0 Å². The number of hydrogen-bond donors (Lipinski definition) is 4. The molecule has 2 rings (SSSR count). The van der Waals surface area contributed by atoms with Crippen molar-refractivity contribution in [2.24, 2.45) is 0 Å². The third-order valence-electron chi connectivity index (χ3n) is 3.25. The van der Waals surface area contributed by atoms with Gasteiger partial charge in [0.2, 0.25) is 0 Å². The summed E-state index contributed by atoms with van der Waals surface area (Å²) < 4.78 is 0. The zero-order chi connectivity index (χ0) is 12.4. The molecule has 17 heavy (non-hydrogen) atoms. The Balaban J connectivity index is 2.28. The number of aliphatic hydroxyl groups is 1. The maximum atomic E-state index is 9.78. The number of fused-ring (bicyclic) bond motifs is 1. The van der Waals surface area contributed by atoms with Crippen LogP contribution < -0.4 is 10.9 Å². The highest BCUT2D eigenvalue weighted by Gasteiger charge is 2.24. The van der Waals surface area contributed by atoms with E-state index in [1.54, 1.807) is 13.0 Å². The van der Waals surface area contributed by atoms with Gasteiger partial charge in [0.25, 0.3) is 0 Å². The lowest BCUT2D eigenvalue weighted by Gasteiger charge is -2.13. The van der Waals surface area contributed by atoms with Gasteiger partial charge in [0.15, 0.2) is 0 Å². The molecule has 0 fully saturated rings. The van der Waals surface area contributed by atoms with E-state index in [0.717, 1.165) is 30.5 Å². The number of rotatable bonds is 4. The molecule has 94 valence electrons. The van der Waals surface area contributed by atoms with E-state index in [4.69, 9.17) is 0 Å². The van der Waals surface area contributed by atoms with Crippen molar-refractivity contribution in [1.29, 1.82) is 0 Å². The first kappa shape index (κ1) is 12.2.